The van der Waals surface area contributed by atoms with Crippen LogP contribution in [0.3, 0.4) is 0 Å². The Morgan fingerprint density at radius 2 is 2.12 bits per heavy atom. The van der Waals surface area contributed by atoms with E-state index in [0.29, 0.717) is 11.5 Å². The Labute approximate surface area is 106 Å². The largest absolute Gasteiger partial charge is 0.444 e. The molecule has 92 valence electrons. The number of likely N-dealkylation sites (tertiary alicyclic amines) is 1. The third kappa shape index (κ3) is 2.53. The minimum absolute atomic E-state index is 0.152. The summed E-state index contributed by atoms with van der Waals surface area (Å²) in [5, 5.41) is 0.855. The lowest BCUT2D eigenvalue weighted by Crippen LogP contribution is -2.40. The fourth-order valence-corrected chi connectivity index (χ4v) is 2.95. The molecule has 1 saturated heterocycles. The van der Waals surface area contributed by atoms with Gasteiger partial charge in [0.1, 0.15) is 5.60 Å². The van der Waals surface area contributed by atoms with Gasteiger partial charge < -0.3 is 9.64 Å². The first kappa shape index (κ1) is 12.2. The van der Waals surface area contributed by atoms with Crippen LogP contribution in [-0.2, 0) is 4.74 Å². The number of carbonyl (C=O) groups excluding carboxylic acids is 1. The van der Waals surface area contributed by atoms with Crippen molar-refractivity contribution in [2.75, 3.05) is 11.9 Å². The fourth-order valence-electron chi connectivity index (χ4n) is 2.38. The van der Waals surface area contributed by atoms with Gasteiger partial charge in [-0.25, -0.2) is 4.79 Å². The molecular weight excluding hydrogens is 270 g/mol. The number of nitrogens with zero attached hydrogens (tertiary/aromatic N) is 1. The van der Waals surface area contributed by atoms with E-state index in [4.69, 9.17) is 4.74 Å². The van der Waals surface area contributed by atoms with Crippen LogP contribution in [0.4, 0.5) is 4.79 Å². The van der Waals surface area contributed by atoms with E-state index in [1.807, 2.05) is 25.7 Å². The van der Waals surface area contributed by atoms with E-state index < -0.39 is 5.60 Å². The van der Waals surface area contributed by atoms with E-state index in [1.54, 1.807) is 0 Å². The summed E-state index contributed by atoms with van der Waals surface area (Å²) < 4.78 is 5.44. The highest BCUT2D eigenvalue weighted by atomic mass is 79.9. The lowest BCUT2D eigenvalue weighted by molar-refractivity contribution is 0.0235. The predicted octanol–water partition coefficient (Wildman–Crippen LogP) is 3.17. The number of alkyl halides is 1. The number of halogens is 1. The summed E-state index contributed by atoms with van der Waals surface area (Å²) in [5.74, 6) is 0. The second-order valence-electron chi connectivity index (χ2n) is 6.12. The van der Waals surface area contributed by atoms with E-state index in [9.17, 15) is 4.79 Å². The number of hydrogen-bond acceptors (Lipinski definition) is 2. The summed E-state index contributed by atoms with van der Waals surface area (Å²) in [7, 11) is 0. The molecule has 0 unspecified atom stereocenters. The normalized spacial score (nSPS) is 27.2. The van der Waals surface area contributed by atoms with Gasteiger partial charge in [-0.1, -0.05) is 15.9 Å². The zero-order valence-electron chi connectivity index (χ0n) is 10.3. The lowest BCUT2D eigenvalue weighted by Gasteiger charge is -2.27. The molecule has 2 aliphatic rings. The van der Waals surface area contributed by atoms with Gasteiger partial charge in [0.25, 0.3) is 0 Å². The summed E-state index contributed by atoms with van der Waals surface area (Å²) in [6, 6.07) is 0.317. The molecule has 1 aliphatic carbocycles. The maximum atomic E-state index is 12.0. The Bertz CT molecular complexity index is 294. The van der Waals surface area contributed by atoms with Gasteiger partial charge in [-0.15, -0.1) is 0 Å². The predicted molar refractivity (Wildman–Crippen MR) is 66.8 cm³/mol. The zero-order chi connectivity index (χ0) is 12.0. The van der Waals surface area contributed by atoms with Crippen LogP contribution in [0.5, 0.6) is 0 Å². The van der Waals surface area contributed by atoms with Crippen molar-refractivity contribution in [1.82, 2.24) is 4.90 Å². The molecule has 0 bridgehead atoms. The zero-order valence-corrected chi connectivity index (χ0v) is 11.8. The third-order valence-corrected chi connectivity index (χ3v) is 4.13. The van der Waals surface area contributed by atoms with Gasteiger partial charge in [-0.2, -0.15) is 0 Å². The standard InChI is InChI=1S/C12H20BrNO2/c1-11(2,3)16-10(15)14-8-12(4-5-12)6-9(14)7-13/h9H,4-8H2,1-3H3/t9-/m1/s1. The first-order valence-electron chi connectivity index (χ1n) is 5.91. The average Bonchev–Trinajstić information content (AvgIpc) is 2.75. The van der Waals surface area contributed by atoms with Crippen LogP contribution >= 0.6 is 15.9 Å². The second-order valence-corrected chi connectivity index (χ2v) is 6.77. The van der Waals surface area contributed by atoms with E-state index in [1.165, 1.54) is 12.8 Å². The van der Waals surface area contributed by atoms with Crippen molar-refractivity contribution in [3.8, 4) is 0 Å². The molecule has 1 heterocycles. The summed E-state index contributed by atoms with van der Waals surface area (Å²) in [6.45, 7) is 6.63. The highest BCUT2D eigenvalue weighted by molar-refractivity contribution is 9.09. The van der Waals surface area contributed by atoms with Gasteiger partial charge in [-0.3, -0.25) is 0 Å². The van der Waals surface area contributed by atoms with Crippen LogP contribution in [0.1, 0.15) is 40.0 Å². The molecule has 1 amide bonds. The molecule has 0 radical (unpaired) electrons. The molecule has 1 spiro atoms. The van der Waals surface area contributed by atoms with Crippen LogP contribution in [0, 0.1) is 5.41 Å². The molecule has 0 N–H and O–H groups in total. The summed E-state index contributed by atoms with van der Waals surface area (Å²) in [6.07, 6.45) is 3.53. The highest BCUT2D eigenvalue weighted by Crippen LogP contribution is 2.55. The number of rotatable bonds is 1. The molecule has 0 aromatic carbocycles. The van der Waals surface area contributed by atoms with Gasteiger partial charge in [0, 0.05) is 17.9 Å². The number of ether oxygens (including phenoxy) is 1. The number of hydrogen-bond donors (Lipinski definition) is 0. The van der Waals surface area contributed by atoms with Crippen LogP contribution in [-0.4, -0.2) is 34.5 Å². The number of carbonyl (C=O) groups is 1. The molecule has 0 aromatic heterocycles. The van der Waals surface area contributed by atoms with Crippen LogP contribution in [0.15, 0.2) is 0 Å². The van der Waals surface area contributed by atoms with Crippen molar-refractivity contribution in [3.63, 3.8) is 0 Å². The average molecular weight is 290 g/mol. The first-order chi connectivity index (χ1) is 7.35. The van der Waals surface area contributed by atoms with Crippen molar-refractivity contribution in [1.29, 1.82) is 0 Å². The molecule has 2 rings (SSSR count). The van der Waals surface area contributed by atoms with Crippen LogP contribution < -0.4 is 0 Å². The molecule has 4 heteroatoms. The minimum atomic E-state index is -0.396. The Balaban J connectivity index is 2.00. The molecule has 3 nitrogen and oxygen atoms in total. The Morgan fingerprint density at radius 1 is 1.50 bits per heavy atom. The van der Waals surface area contributed by atoms with E-state index in [0.717, 1.165) is 18.3 Å². The summed E-state index contributed by atoms with van der Waals surface area (Å²) in [4.78, 5) is 13.9. The summed E-state index contributed by atoms with van der Waals surface area (Å²) >= 11 is 3.49. The SMILES string of the molecule is CC(C)(C)OC(=O)N1CC2(CC2)C[C@@H]1CBr. The maximum Gasteiger partial charge on any atom is 0.410 e. The Morgan fingerprint density at radius 3 is 2.56 bits per heavy atom. The monoisotopic (exact) mass is 289 g/mol. The summed E-state index contributed by atoms with van der Waals surface area (Å²) in [5.41, 5.74) is 0.0442. The Hall–Kier alpha value is -0.250. The van der Waals surface area contributed by atoms with Crippen molar-refractivity contribution in [2.24, 2.45) is 5.41 Å². The molecule has 0 aromatic rings. The highest BCUT2D eigenvalue weighted by Gasteiger charge is 2.53. The molecule has 1 atom stereocenters. The first-order valence-corrected chi connectivity index (χ1v) is 7.03. The minimum Gasteiger partial charge on any atom is -0.444 e. The van der Waals surface area contributed by atoms with Gasteiger partial charge in [-0.05, 0) is 45.4 Å². The molecule has 2 fully saturated rings. The molecule has 1 aliphatic heterocycles. The second kappa shape index (κ2) is 3.90. The molecule has 1 saturated carbocycles. The van der Waals surface area contributed by atoms with E-state index in [2.05, 4.69) is 15.9 Å². The van der Waals surface area contributed by atoms with Gasteiger partial charge in [0.05, 0.1) is 0 Å². The molecular formula is C12H20BrNO2. The van der Waals surface area contributed by atoms with Gasteiger partial charge >= 0.3 is 6.09 Å². The van der Waals surface area contributed by atoms with Crippen molar-refractivity contribution >= 4 is 22.0 Å². The van der Waals surface area contributed by atoms with Crippen LogP contribution in [0.2, 0.25) is 0 Å². The fraction of sp³-hybridized carbons (Fsp3) is 0.917. The lowest BCUT2D eigenvalue weighted by atomic mass is 10.0. The number of amides is 1. The van der Waals surface area contributed by atoms with Crippen LogP contribution in [0.25, 0.3) is 0 Å². The van der Waals surface area contributed by atoms with E-state index in [-0.39, 0.29) is 6.09 Å². The smallest absolute Gasteiger partial charge is 0.410 e. The van der Waals surface area contributed by atoms with Crippen molar-refractivity contribution in [2.45, 2.75) is 51.7 Å². The topological polar surface area (TPSA) is 29.5 Å². The molecule has 16 heavy (non-hydrogen) atoms. The Kier molecular flexibility index (Phi) is 2.97. The van der Waals surface area contributed by atoms with Gasteiger partial charge in [0.15, 0.2) is 0 Å². The quantitative estimate of drug-likeness (QED) is 0.694. The van der Waals surface area contributed by atoms with E-state index >= 15 is 0 Å². The van der Waals surface area contributed by atoms with Crippen molar-refractivity contribution in [3.05, 3.63) is 0 Å². The third-order valence-electron chi connectivity index (χ3n) is 3.38. The van der Waals surface area contributed by atoms with Crippen molar-refractivity contribution < 1.29 is 9.53 Å². The van der Waals surface area contributed by atoms with Gasteiger partial charge in [0.2, 0.25) is 0 Å². The maximum absolute atomic E-state index is 12.0.